The van der Waals surface area contributed by atoms with Gasteiger partial charge in [-0.15, -0.1) is 0 Å². The standard InChI is InChI=1S/C23H29ClN2O4S/c1-4-21(17-8-11-22(30-3)16(2)14-17)25-23(27)19-15-18(9-10-20(19)24)31(28,29)26-12-6-5-7-13-26/h8-11,14-15,21H,4-7,12-13H2,1-3H3,(H,25,27)/t21-/m0/s1. The van der Waals surface area contributed by atoms with Gasteiger partial charge in [-0.25, -0.2) is 8.42 Å². The zero-order valence-corrected chi connectivity index (χ0v) is 19.7. The first-order chi connectivity index (χ1) is 14.8. The number of methoxy groups -OCH3 is 1. The Balaban J connectivity index is 1.85. The second kappa shape index (κ2) is 10.0. The van der Waals surface area contributed by atoms with E-state index in [1.807, 2.05) is 32.0 Å². The van der Waals surface area contributed by atoms with Gasteiger partial charge in [-0.1, -0.05) is 37.1 Å². The Labute approximate surface area is 189 Å². The molecule has 1 saturated heterocycles. The fraction of sp³-hybridized carbons (Fsp3) is 0.435. The number of nitrogens with zero attached hydrogens (tertiary/aromatic N) is 1. The Morgan fingerprint density at radius 2 is 1.87 bits per heavy atom. The summed E-state index contributed by atoms with van der Waals surface area (Å²) in [6.45, 7) is 4.93. The zero-order chi connectivity index (χ0) is 22.6. The molecule has 1 amide bonds. The molecule has 6 nitrogen and oxygen atoms in total. The van der Waals surface area contributed by atoms with Crippen LogP contribution < -0.4 is 10.1 Å². The fourth-order valence-electron chi connectivity index (χ4n) is 3.87. The van der Waals surface area contributed by atoms with Crippen LogP contribution in [0, 0.1) is 6.92 Å². The SMILES string of the molecule is CC[C@H](NC(=O)c1cc(S(=O)(=O)N2CCCCC2)ccc1Cl)c1ccc(OC)c(C)c1. The summed E-state index contributed by atoms with van der Waals surface area (Å²) in [4.78, 5) is 13.1. The molecule has 0 aromatic heterocycles. The Bertz CT molecular complexity index is 1050. The van der Waals surface area contributed by atoms with Crippen molar-refractivity contribution in [2.75, 3.05) is 20.2 Å². The van der Waals surface area contributed by atoms with Crippen molar-refractivity contribution in [2.45, 2.75) is 50.5 Å². The molecule has 31 heavy (non-hydrogen) atoms. The molecule has 1 atom stereocenters. The number of nitrogens with one attached hydrogen (secondary N) is 1. The van der Waals surface area contributed by atoms with Gasteiger partial charge < -0.3 is 10.1 Å². The minimum absolute atomic E-state index is 0.0947. The molecular weight excluding hydrogens is 436 g/mol. The summed E-state index contributed by atoms with van der Waals surface area (Å²) in [6.07, 6.45) is 3.39. The summed E-state index contributed by atoms with van der Waals surface area (Å²) in [5, 5.41) is 3.21. The predicted molar refractivity (Wildman–Crippen MR) is 122 cm³/mol. The molecule has 1 fully saturated rings. The molecule has 0 unspecified atom stereocenters. The topological polar surface area (TPSA) is 75.7 Å². The Morgan fingerprint density at radius 1 is 1.16 bits per heavy atom. The number of rotatable bonds is 7. The van der Waals surface area contributed by atoms with Crippen LogP contribution in [0.15, 0.2) is 41.3 Å². The molecule has 1 aliphatic heterocycles. The van der Waals surface area contributed by atoms with Crippen LogP contribution in [0.4, 0.5) is 0 Å². The van der Waals surface area contributed by atoms with E-state index in [4.69, 9.17) is 16.3 Å². The Hall–Kier alpha value is -2.09. The number of halogens is 1. The van der Waals surface area contributed by atoms with E-state index in [9.17, 15) is 13.2 Å². The zero-order valence-electron chi connectivity index (χ0n) is 18.2. The maximum Gasteiger partial charge on any atom is 0.253 e. The molecule has 1 heterocycles. The van der Waals surface area contributed by atoms with E-state index in [-0.39, 0.29) is 21.5 Å². The van der Waals surface area contributed by atoms with Crippen molar-refractivity contribution in [2.24, 2.45) is 0 Å². The monoisotopic (exact) mass is 464 g/mol. The number of ether oxygens (including phenoxy) is 1. The molecule has 8 heteroatoms. The molecule has 1 aliphatic rings. The van der Waals surface area contributed by atoms with Crippen molar-refractivity contribution in [3.05, 3.63) is 58.1 Å². The lowest BCUT2D eigenvalue weighted by Crippen LogP contribution is -2.35. The third-order valence-electron chi connectivity index (χ3n) is 5.67. The van der Waals surface area contributed by atoms with Crippen LogP contribution in [0.25, 0.3) is 0 Å². The summed E-state index contributed by atoms with van der Waals surface area (Å²) in [5.41, 5.74) is 2.08. The molecule has 2 aromatic carbocycles. The highest BCUT2D eigenvalue weighted by Gasteiger charge is 2.27. The third-order valence-corrected chi connectivity index (χ3v) is 7.89. The molecule has 0 radical (unpaired) electrons. The van der Waals surface area contributed by atoms with Crippen molar-refractivity contribution in [3.63, 3.8) is 0 Å². The van der Waals surface area contributed by atoms with Gasteiger partial charge in [-0.05, 0) is 61.6 Å². The average molecular weight is 465 g/mol. The van der Waals surface area contributed by atoms with Gasteiger partial charge in [-0.3, -0.25) is 4.79 Å². The van der Waals surface area contributed by atoms with Gasteiger partial charge >= 0.3 is 0 Å². The number of piperidine rings is 1. The lowest BCUT2D eigenvalue weighted by molar-refractivity contribution is 0.0935. The van der Waals surface area contributed by atoms with Crippen molar-refractivity contribution in [3.8, 4) is 5.75 Å². The van der Waals surface area contributed by atoms with Crippen LogP contribution in [0.1, 0.15) is 60.1 Å². The number of benzene rings is 2. The lowest BCUT2D eigenvalue weighted by Gasteiger charge is -2.26. The van der Waals surface area contributed by atoms with E-state index in [0.29, 0.717) is 19.5 Å². The Kier molecular flexibility index (Phi) is 7.62. The first-order valence-electron chi connectivity index (χ1n) is 10.5. The number of aryl methyl sites for hydroxylation is 1. The predicted octanol–water partition coefficient (Wildman–Crippen LogP) is 4.71. The minimum Gasteiger partial charge on any atom is -0.496 e. The van der Waals surface area contributed by atoms with Gasteiger partial charge in [0.1, 0.15) is 5.75 Å². The van der Waals surface area contributed by atoms with Crippen LogP contribution in [0.2, 0.25) is 5.02 Å². The maximum atomic E-state index is 13.0. The second-order valence-corrected chi connectivity index (χ2v) is 10.1. The fourth-order valence-corrected chi connectivity index (χ4v) is 5.62. The molecule has 0 spiro atoms. The lowest BCUT2D eigenvalue weighted by atomic mass is 10.0. The number of carbonyl (C=O) groups excluding carboxylic acids is 1. The number of carbonyl (C=O) groups is 1. The van der Waals surface area contributed by atoms with E-state index in [2.05, 4.69) is 5.32 Å². The first-order valence-corrected chi connectivity index (χ1v) is 12.3. The van der Waals surface area contributed by atoms with Gasteiger partial charge in [0.2, 0.25) is 10.0 Å². The Morgan fingerprint density at radius 3 is 2.48 bits per heavy atom. The molecule has 2 aromatic rings. The van der Waals surface area contributed by atoms with Crippen molar-refractivity contribution >= 4 is 27.5 Å². The third kappa shape index (κ3) is 5.22. The average Bonchev–Trinajstić information content (AvgIpc) is 2.78. The van der Waals surface area contributed by atoms with Gasteiger partial charge in [0.05, 0.1) is 28.6 Å². The molecule has 168 valence electrons. The highest BCUT2D eigenvalue weighted by Crippen LogP contribution is 2.27. The molecule has 0 bridgehead atoms. The summed E-state index contributed by atoms with van der Waals surface area (Å²) in [7, 11) is -2.03. The van der Waals surface area contributed by atoms with E-state index in [1.54, 1.807) is 7.11 Å². The second-order valence-electron chi connectivity index (χ2n) is 7.77. The molecule has 1 N–H and O–H groups in total. The van der Waals surface area contributed by atoms with Crippen LogP contribution in [-0.2, 0) is 10.0 Å². The van der Waals surface area contributed by atoms with Crippen LogP contribution in [0.5, 0.6) is 5.75 Å². The van der Waals surface area contributed by atoms with Crippen LogP contribution in [-0.4, -0.2) is 38.8 Å². The van der Waals surface area contributed by atoms with E-state index >= 15 is 0 Å². The molecule has 3 rings (SSSR count). The number of sulfonamides is 1. The van der Waals surface area contributed by atoms with Gasteiger partial charge in [0.15, 0.2) is 0 Å². The first kappa shape index (κ1) is 23.6. The number of hydrogen-bond acceptors (Lipinski definition) is 4. The van der Waals surface area contributed by atoms with Crippen molar-refractivity contribution in [1.82, 2.24) is 9.62 Å². The summed E-state index contributed by atoms with van der Waals surface area (Å²) < 4.78 is 32.8. The highest BCUT2D eigenvalue weighted by atomic mass is 35.5. The van der Waals surface area contributed by atoms with E-state index < -0.39 is 15.9 Å². The quantitative estimate of drug-likeness (QED) is 0.643. The summed E-state index contributed by atoms with van der Waals surface area (Å²) in [5.74, 6) is 0.379. The molecule has 0 aliphatic carbocycles. The summed E-state index contributed by atoms with van der Waals surface area (Å²) in [6, 6.07) is 9.85. The van der Waals surface area contributed by atoms with Gasteiger partial charge in [-0.2, -0.15) is 4.31 Å². The highest BCUT2D eigenvalue weighted by molar-refractivity contribution is 7.89. The van der Waals surface area contributed by atoms with E-state index in [0.717, 1.165) is 36.1 Å². The largest absolute Gasteiger partial charge is 0.496 e. The van der Waals surface area contributed by atoms with Crippen LogP contribution in [0.3, 0.4) is 0 Å². The van der Waals surface area contributed by atoms with Crippen LogP contribution >= 0.6 is 11.6 Å². The van der Waals surface area contributed by atoms with Gasteiger partial charge in [0, 0.05) is 13.1 Å². The van der Waals surface area contributed by atoms with Crippen molar-refractivity contribution in [1.29, 1.82) is 0 Å². The molecular formula is C23H29ClN2O4S. The minimum atomic E-state index is -3.65. The van der Waals surface area contributed by atoms with Gasteiger partial charge in [0.25, 0.3) is 5.91 Å². The molecule has 0 saturated carbocycles. The smallest absolute Gasteiger partial charge is 0.253 e. The van der Waals surface area contributed by atoms with E-state index in [1.165, 1.54) is 22.5 Å². The number of amides is 1. The number of hydrogen-bond donors (Lipinski definition) is 1. The normalized spacial score (nSPS) is 16.0. The maximum absolute atomic E-state index is 13.0. The van der Waals surface area contributed by atoms with Crippen molar-refractivity contribution < 1.29 is 17.9 Å². The summed E-state index contributed by atoms with van der Waals surface area (Å²) >= 11 is 6.28.